The number of hydrogen-bond acceptors (Lipinski definition) is 5. The SMILES string of the molecule is CCCCN(C(=O)c1cnc2ccccc2n1)C1CCS(=O)(=O)C1. The summed E-state index contributed by atoms with van der Waals surface area (Å²) in [6.45, 7) is 2.59. The van der Waals surface area contributed by atoms with E-state index in [0.717, 1.165) is 18.4 Å². The molecule has 0 saturated carbocycles. The summed E-state index contributed by atoms with van der Waals surface area (Å²) in [5, 5.41) is 0. The number of carbonyl (C=O) groups is 1. The van der Waals surface area contributed by atoms with E-state index >= 15 is 0 Å². The fourth-order valence-electron chi connectivity index (χ4n) is 3.01. The van der Waals surface area contributed by atoms with Crippen LogP contribution in [0, 0.1) is 0 Å². The molecule has 1 atom stereocenters. The highest BCUT2D eigenvalue weighted by Gasteiger charge is 2.35. The second-order valence-corrected chi connectivity index (χ2v) is 8.38. The number of aromatic nitrogens is 2. The number of rotatable bonds is 5. The van der Waals surface area contributed by atoms with Gasteiger partial charge in [-0.05, 0) is 25.0 Å². The highest BCUT2D eigenvalue weighted by Crippen LogP contribution is 2.20. The van der Waals surface area contributed by atoms with Crippen molar-refractivity contribution in [2.45, 2.75) is 32.2 Å². The molecule has 0 bridgehead atoms. The number of sulfone groups is 1. The van der Waals surface area contributed by atoms with Crippen molar-refractivity contribution in [1.82, 2.24) is 14.9 Å². The normalized spacial score (nSPS) is 19.5. The van der Waals surface area contributed by atoms with Gasteiger partial charge in [0.25, 0.3) is 5.91 Å². The van der Waals surface area contributed by atoms with Gasteiger partial charge in [-0.3, -0.25) is 9.78 Å². The molecular weight excluding hydrogens is 326 g/mol. The zero-order valence-corrected chi connectivity index (χ0v) is 14.5. The molecule has 6 nitrogen and oxygen atoms in total. The van der Waals surface area contributed by atoms with E-state index in [9.17, 15) is 13.2 Å². The summed E-state index contributed by atoms with van der Waals surface area (Å²) in [6, 6.07) is 7.12. The van der Waals surface area contributed by atoms with E-state index in [-0.39, 0.29) is 29.1 Å². The summed E-state index contributed by atoms with van der Waals surface area (Å²) in [6.07, 6.45) is 3.75. The second kappa shape index (κ2) is 6.84. The fourth-order valence-corrected chi connectivity index (χ4v) is 4.74. The molecule has 1 fully saturated rings. The summed E-state index contributed by atoms with van der Waals surface area (Å²) in [5.41, 5.74) is 1.67. The Bertz CT molecular complexity index is 851. The Morgan fingerprint density at radius 3 is 2.71 bits per heavy atom. The lowest BCUT2D eigenvalue weighted by Crippen LogP contribution is -2.42. The fraction of sp³-hybridized carbons (Fsp3) is 0.471. The van der Waals surface area contributed by atoms with Crippen molar-refractivity contribution in [2.75, 3.05) is 18.1 Å². The molecule has 0 aliphatic carbocycles. The minimum absolute atomic E-state index is 0.0451. The first-order valence-corrected chi connectivity index (χ1v) is 10.1. The molecule has 0 radical (unpaired) electrons. The van der Waals surface area contributed by atoms with Crippen molar-refractivity contribution in [1.29, 1.82) is 0 Å². The molecule has 0 spiro atoms. The summed E-state index contributed by atoms with van der Waals surface area (Å²) in [7, 11) is -3.05. The van der Waals surface area contributed by atoms with Crippen LogP contribution in [0.3, 0.4) is 0 Å². The standard InChI is InChI=1S/C17H21N3O3S/c1-2-3-9-20(13-8-10-24(22,23)12-13)17(21)16-11-18-14-6-4-5-7-15(14)19-16/h4-7,11,13H,2-3,8-10,12H2,1H3. The van der Waals surface area contributed by atoms with Gasteiger partial charge in [0, 0.05) is 12.6 Å². The summed E-state index contributed by atoms with van der Waals surface area (Å²) in [5.74, 6) is -0.0377. The van der Waals surface area contributed by atoms with Gasteiger partial charge in [-0.2, -0.15) is 0 Å². The van der Waals surface area contributed by atoms with Crippen molar-refractivity contribution in [3.8, 4) is 0 Å². The summed E-state index contributed by atoms with van der Waals surface area (Å²) < 4.78 is 23.6. The van der Waals surface area contributed by atoms with Gasteiger partial charge in [0.15, 0.2) is 9.84 Å². The molecule has 7 heteroatoms. The molecular formula is C17H21N3O3S. The predicted octanol–water partition coefficient (Wildman–Crippen LogP) is 2.06. The molecule has 2 heterocycles. The molecule has 24 heavy (non-hydrogen) atoms. The van der Waals surface area contributed by atoms with E-state index in [2.05, 4.69) is 9.97 Å². The largest absolute Gasteiger partial charge is 0.333 e. The lowest BCUT2D eigenvalue weighted by Gasteiger charge is -2.27. The van der Waals surface area contributed by atoms with Gasteiger partial charge in [0.05, 0.1) is 28.7 Å². The molecule has 1 aliphatic rings. The first-order chi connectivity index (χ1) is 11.5. The van der Waals surface area contributed by atoms with Crippen LogP contribution in [0.4, 0.5) is 0 Å². The third kappa shape index (κ3) is 3.56. The maximum absolute atomic E-state index is 12.9. The average molecular weight is 347 g/mol. The zero-order valence-electron chi connectivity index (χ0n) is 13.7. The van der Waals surface area contributed by atoms with E-state index in [1.54, 1.807) is 4.90 Å². The van der Waals surface area contributed by atoms with Crippen molar-refractivity contribution >= 4 is 26.8 Å². The Morgan fingerprint density at radius 2 is 2.04 bits per heavy atom. The minimum Gasteiger partial charge on any atom is -0.333 e. The van der Waals surface area contributed by atoms with Crippen LogP contribution in [0.25, 0.3) is 11.0 Å². The van der Waals surface area contributed by atoms with Gasteiger partial charge < -0.3 is 4.90 Å². The maximum atomic E-state index is 12.9. The zero-order chi connectivity index (χ0) is 17.2. The van der Waals surface area contributed by atoms with Crippen LogP contribution in [0.2, 0.25) is 0 Å². The highest BCUT2D eigenvalue weighted by molar-refractivity contribution is 7.91. The van der Waals surface area contributed by atoms with E-state index in [4.69, 9.17) is 0 Å². The first-order valence-electron chi connectivity index (χ1n) is 8.23. The van der Waals surface area contributed by atoms with Crippen LogP contribution < -0.4 is 0 Å². The molecule has 2 aromatic rings. The lowest BCUT2D eigenvalue weighted by molar-refractivity contribution is 0.0688. The highest BCUT2D eigenvalue weighted by atomic mass is 32.2. The van der Waals surface area contributed by atoms with Gasteiger partial charge in [-0.1, -0.05) is 25.5 Å². The monoisotopic (exact) mass is 347 g/mol. The summed E-state index contributed by atoms with van der Waals surface area (Å²) in [4.78, 5) is 23.3. The van der Waals surface area contributed by atoms with Crippen LogP contribution in [0.15, 0.2) is 30.5 Å². The van der Waals surface area contributed by atoms with Crippen molar-refractivity contribution in [3.05, 3.63) is 36.2 Å². The lowest BCUT2D eigenvalue weighted by atomic mass is 10.1. The van der Waals surface area contributed by atoms with Gasteiger partial charge in [-0.15, -0.1) is 0 Å². The van der Waals surface area contributed by atoms with Gasteiger partial charge >= 0.3 is 0 Å². The predicted molar refractivity (Wildman–Crippen MR) is 92.5 cm³/mol. The van der Waals surface area contributed by atoms with Crippen LogP contribution >= 0.6 is 0 Å². The number of hydrogen-bond donors (Lipinski definition) is 0. The maximum Gasteiger partial charge on any atom is 0.274 e. The first kappa shape index (κ1) is 16.8. The summed E-state index contributed by atoms with van der Waals surface area (Å²) >= 11 is 0. The third-order valence-electron chi connectivity index (χ3n) is 4.33. The number of fused-ring (bicyclic) bond motifs is 1. The third-order valence-corrected chi connectivity index (χ3v) is 6.08. The molecule has 128 valence electrons. The molecule has 1 amide bonds. The van der Waals surface area contributed by atoms with E-state index < -0.39 is 9.84 Å². The van der Waals surface area contributed by atoms with Crippen LogP contribution in [0.5, 0.6) is 0 Å². The number of nitrogens with zero attached hydrogens (tertiary/aromatic N) is 3. The van der Waals surface area contributed by atoms with Crippen molar-refractivity contribution in [2.24, 2.45) is 0 Å². The smallest absolute Gasteiger partial charge is 0.274 e. The van der Waals surface area contributed by atoms with Gasteiger partial charge in [0.1, 0.15) is 5.69 Å². The number of benzene rings is 1. The Labute approximate surface area is 141 Å². The quantitative estimate of drug-likeness (QED) is 0.827. The average Bonchev–Trinajstić information content (AvgIpc) is 2.94. The van der Waals surface area contributed by atoms with Gasteiger partial charge in [0.2, 0.25) is 0 Å². The van der Waals surface area contributed by atoms with Crippen LogP contribution in [-0.4, -0.2) is 53.3 Å². The molecule has 1 saturated heterocycles. The van der Waals surface area contributed by atoms with Crippen molar-refractivity contribution in [3.63, 3.8) is 0 Å². The van der Waals surface area contributed by atoms with Crippen molar-refractivity contribution < 1.29 is 13.2 Å². The molecule has 3 rings (SSSR count). The Morgan fingerprint density at radius 1 is 1.29 bits per heavy atom. The van der Waals surface area contributed by atoms with E-state index in [1.807, 2.05) is 31.2 Å². The number of unbranched alkanes of at least 4 members (excludes halogenated alkanes) is 1. The second-order valence-electron chi connectivity index (χ2n) is 6.15. The van der Waals surface area contributed by atoms with Crippen LogP contribution in [-0.2, 0) is 9.84 Å². The number of carbonyl (C=O) groups excluding carboxylic acids is 1. The molecule has 1 aromatic carbocycles. The molecule has 1 aromatic heterocycles. The van der Waals surface area contributed by atoms with Gasteiger partial charge in [-0.25, -0.2) is 13.4 Å². The molecule has 1 aliphatic heterocycles. The van der Waals surface area contributed by atoms with Crippen LogP contribution in [0.1, 0.15) is 36.7 Å². The Kier molecular flexibility index (Phi) is 4.80. The number of amides is 1. The minimum atomic E-state index is -3.05. The Hall–Kier alpha value is -2.02. The van der Waals surface area contributed by atoms with E-state index in [1.165, 1.54) is 6.20 Å². The molecule has 1 unspecified atom stereocenters. The number of para-hydroxylation sites is 2. The Balaban J connectivity index is 1.89. The topological polar surface area (TPSA) is 80.2 Å². The molecule has 0 N–H and O–H groups in total. The van der Waals surface area contributed by atoms with E-state index in [0.29, 0.717) is 18.5 Å².